The number of rotatable bonds is 13. The number of aliphatic hydroxyl groups is 2. The molecule has 0 radical (unpaired) electrons. The summed E-state index contributed by atoms with van der Waals surface area (Å²) in [4.78, 5) is 25.9. The fraction of sp³-hybridized carbons (Fsp3) is 0.760. The highest BCUT2D eigenvalue weighted by atomic mass is 35.5. The van der Waals surface area contributed by atoms with Crippen molar-refractivity contribution in [3.8, 4) is 0 Å². The van der Waals surface area contributed by atoms with Crippen LogP contribution in [-0.4, -0.2) is 144 Å². The molecule has 18 heteroatoms. The largest absolute Gasteiger partial charge is 0.390 e. The van der Waals surface area contributed by atoms with Crippen LogP contribution >= 0.6 is 34.8 Å². The summed E-state index contributed by atoms with van der Waals surface area (Å²) in [6.45, 7) is 17.0. The zero-order valence-corrected chi connectivity index (χ0v) is 41.3. The molecule has 0 aromatic heterocycles. The van der Waals surface area contributed by atoms with E-state index in [4.69, 9.17) is 86.9 Å². The SMILES string of the molecule is C=C1C[C@H](CC[C@@]23C[C@@H]4O[C@@H]5[C@@H](O[C@H]6CC[C@H](CC(=O)OC(=O)c7c(Cl)cc(Cl)cc7Cl)O[C@@H]6[C@@H]5O2)[C@H]4O3)O[C@H]1CC[C@H]1C[C@@H](C)C(=C)[C@@H](C[C@@H]2O[C@@H](C[C@@H]3COC(C)(C)O3)[C@@H](O)[C@H](C)[C@H]2O)O1. The number of esters is 2. The van der Waals surface area contributed by atoms with Gasteiger partial charge in [0.05, 0.1) is 102 Å². The lowest BCUT2D eigenvalue weighted by Crippen LogP contribution is -2.61. The lowest BCUT2D eigenvalue weighted by molar-refractivity contribution is -0.293. The van der Waals surface area contributed by atoms with E-state index >= 15 is 0 Å². The first-order chi connectivity index (χ1) is 32.3. The molecule has 0 amide bonds. The summed E-state index contributed by atoms with van der Waals surface area (Å²) < 4.78 is 70.2. The Hall–Kier alpha value is -1.77. The summed E-state index contributed by atoms with van der Waals surface area (Å²) in [5, 5.41) is 22.6. The highest BCUT2D eigenvalue weighted by Crippen LogP contribution is 2.54. The number of benzene rings is 1. The average Bonchev–Trinajstić information content (AvgIpc) is 3.97. The minimum Gasteiger partial charge on any atom is -0.390 e. The maximum Gasteiger partial charge on any atom is 0.348 e. The molecule has 15 nitrogen and oxygen atoms in total. The number of carbonyl (C=O) groups is 2. The van der Waals surface area contributed by atoms with Crippen LogP contribution < -0.4 is 0 Å². The lowest BCUT2D eigenvalue weighted by atomic mass is 9.81. The van der Waals surface area contributed by atoms with Gasteiger partial charge >= 0.3 is 11.9 Å². The third-order valence-electron chi connectivity index (χ3n) is 16.0. The zero-order chi connectivity index (χ0) is 48.0. The normalized spacial score (nSPS) is 44.8. The second-order valence-corrected chi connectivity index (χ2v) is 22.5. The van der Waals surface area contributed by atoms with Gasteiger partial charge in [-0.05, 0) is 88.0 Å². The minimum absolute atomic E-state index is 0.0187. The first kappa shape index (κ1) is 49.8. The summed E-state index contributed by atoms with van der Waals surface area (Å²) >= 11 is 18.4. The quantitative estimate of drug-likeness (QED) is 0.114. The van der Waals surface area contributed by atoms with Gasteiger partial charge in [-0.3, -0.25) is 4.79 Å². The predicted molar refractivity (Wildman–Crippen MR) is 245 cm³/mol. The van der Waals surface area contributed by atoms with Gasteiger partial charge < -0.3 is 62.3 Å². The van der Waals surface area contributed by atoms with Crippen LogP contribution in [0.4, 0.5) is 0 Å². The van der Waals surface area contributed by atoms with E-state index in [1.165, 1.54) is 12.1 Å². The Labute approximate surface area is 412 Å². The van der Waals surface area contributed by atoms with Gasteiger partial charge in [0.25, 0.3) is 0 Å². The van der Waals surface area contributed by atoms with Crippen LogP contribution in [0.2, 0.25) is 15.1 Å². The number of hydrogen-bond acceptors (Lipinski definition) is 15. The van der Waals surface area contributed by atoms with E-state index in [1.54, 1.807) is 0 Å². The van der Waals surface area contributed by atoms with Crippen molar-refractivity contribution in [2.75, 3.05) is 6.61 Å². The molecular weight excluding hydrogens is 947 g/mol. The van der Waals surface area contributed by atoms with Crippen LogP contribution in [0, 0.1) is 11.8 Å². The molecule has 0 spiro atoms. The monoisotopic (exact) mass is 1010 g/mol. The first-order valence-corrected chi connectivity index (χ1v) is 25.7. The summed E-state index contributed by atoms with van der Waals surface area (Å²) in [5.74, 6) is -3.52. The predicted octanol–water partition coefficient (Wildman–Crippen LogP) is 7.37. The van der Waals surface area contributed by atoms with Crippen molar-refractivity contribution in [2.45, 2.75) is 220 Å². The molecule has 2 N–H and O–H groups in total. The smallest absolute Gasteiger partial charge is 0.348 e. The van der Waals surface area contributed by atoms with Crippen LogP contribution in [0.25, 0.3) is 0 Å². The fourth-order valence-electron chi connectivity index (χ4n) is 12.3. The number of hydrogen-bond donors (Lipinski definition) is 2. The average molecular weight is 1010 g/mol. The molecule has 10 aliphatic rings. The standard InChI is InChI=1S/C50H65Cl3O15/c1-22-13-27(60-35(24(22)3)19-37-42(56)25(4)41(55)36(62-37)17-30-21-58-49(5,6)66-30)7-9-33-23(2)14-29(59-33)11-12-50-20-38-44(67-50)45-46(64-38)47(68-50)43-34(63-45)10-8-28(61-43)18-39(54)65-48(57)40-31(52)15-26(51)16-32(40)53/h15-16,22,25,27-30,33-38,41-47,55-56H,2-3,7-14,17-21H2,1,4-6H3/t22-,25+,27+,28-,29+,30-,33+,34+,35-,36+,37+,38+,41+,42-,43+,44+,45+,46-,47+,50+/m1/s1. The Kier molecular flexibility index (Phi) is 14.3. The molecule has 10 fully saturated rings. The summed E-state index contributed by atoms with van der Waals surface area (Å²) in [6, 6.07) is 2.71. The van der Waals surface area contributed by atoms with Gasteiger partial charge in [-0.25, -0.2) is 4.79 Å². The number of aliphatic hydroxyl groups excluding tert-OH is 2. The molecular formula is C50H65Cl3O15. The topological polar surface area (TPSA) is 176 Å². The van der Waals surface area contributed by atoms with Gasteiger partial charge in [-0.2, -0.15) is 0 Å². The summed E-state index contributed by atoms with van der Waals surface area (Å²) in [6.07, 6.45) is 0.309. The minimum atomic E-state index is -0.966. The molecule has 10 heterocycles. The number of halogens is 3. The summed E-state index contributed by atoms with van der Waals surface area (Å²) in [5.41, 5.74) is 1.91. The molecule has 0 unspecified atom stereocenters. The Bertz CT molecular complexity index is 2080. The third-order valence-corrected chi connectivity index (χ3v) is 16.8. The van der Waals surface area contributed by atoms with Gasteiger partial charge in [0.15, 0.2) is 11.6 Å². The van der Waals surface area contributed by atoms with Crippen molar-refractivity contribution in [2.24, 2.45) is 11.8 Å². The Balaban J connectivity index is 0.714. The van der Waals surface area contributed by atoms with Crippen LogP contribution in [0.1, 0.15) is 115 Å². The molecule has 6 bridgehead atoms. The van der Waals surface area contributed by atoms with E-state index in [1.807, 2.05) is 20.8 Å². The van der Waals surface area contributed by atoms with E-state index in [-0.39, 0.29) is 99.9 Å². The van der Waals surface area contributed by atoms with E-state index in [0.29, 0.717) is 51.6 Å². The van der Waals surface area contributed by atoms with Gasteiger partial charge in [0.2, 0.25) is 0 Å². The van der Waals surface area contributed by atoms with Crippen molar-refractivity contribution < 1.29 is 71.9 Å². The van der Waals surface area contributed by atoms with Crippen LogP contribution in [0.3, 0.4) is 0 Å². The molecule has 0 aliphatic carbocycles. The second-order valence-electron chi connectivity index (χ2n) is 21.2. The summed E-state index contributed by atoms with van der Waals surface area (Å²) in [7, 11) is 0. The Morgan fingerprint density at radius 2 is 1.44 bits per heavy atom. The molecule has 20 atom stereocenters. The van der Waals surface area contributed by atoms with Gasteiger partial charge in [0.1, 0.15) is 30.5 Å². The number of fused-ring (bicyclic) bond motifs is 1. The van der Waals surface area contributed by atoms with Crippen LogP contribution in [-0.2, 0) is 56.9 Å². The van der Waals surface area contributed by atoms with E-state index < -0.39 is 66.2 Å². The Morgan fingerprint density at radius 3 is 2.18 bits per heavy atom. The van der Waals surface area contributed by atoms with Crippen molar-refractivity contribution >= 4 is 46.7 Å². The molecule has 10 saturated heterocycles. The van der Waals surface area contributed by atoms with E-state index in [2.05, 4.69) is 20.1 Å². The molecule has 68 heavy (non-hydrogen) atoms. The van der Waals surface area contributed by atoms with Crippen molar-refractivity contribution in [3.05, 3.63) is 57.1 Å². The molecule has 1 aromatic rings. The molecule has 0 saturated carbocycles. The van der Waals surface area contributed by atoms with Gasteiger partial charge in [-0.15, -0.1) is 0 Å². The second kappa shape index (κ2) is 19.6. The van der Waals surface area contributed by atoms with Crippen LogP contribution in [0.15, 0.2) is 36.4 Å². The molecule has 376 valence electrons. The Morgan fingerprint density at radius 1 is 0.750 bits per heavy atom. The van der Waals surface area contributed by atoms with Crippen molar-refractivity contribution in [1.82, 2.24) is 0 Å². The maximum atomic E-state index is 13.0. The van der Waals surface area contributed by atoms with Crippen LogP contribution in [0.5, 0.6) is 0 Å². The molecule has 1 aromatic carbocycles. The van der Waals surface area contributed by atoms with E-state index in [9.17, 15) is 19.8 Å². The number of carbonyl (C=O) groups excluding carboxylic acids is 2. The highest BCUT2D eigenvalue weighted by Gasteiger charge is 2.69. The lowest BCUT2D eigenvalue weighted by Gasteiger charge is -2.47. The molecule has 11 rings (SSSR count). The number of ether oxygens (including phenoxy) is 11. The van der Waals surface area contributed by atoms with Gasteiger partial charge in [-0.1, -0.05) is 61.8 Å². The van der Waals surface area contributed by atoms with Gasteiger partial charge in [0, 0.05) is 36.6 Å². The van der Waals surface area contributed by atoms with E-state index in [0.717, 1.165) is 36.8 Å². The molecule has 10 aliphatic heterocycles. The van der Waals surface area contributed by atoms with Crippen molar-refractivity contribution in [3.63, 3.8) is 0 Å². The van der Waals surface area contributed by atoms with Crippen molar-refractivity contribution in [1.29, 1.82) is 0 Å². The third kappa shape index (κ3) is 10.0. The maximum absolute atomic E-state index is 13.0. The fourth-order valence-corrected chi connectivity index (χ4v) is 13.3. The zero-order valence-electron chi connectivity index (χ0n) is 39.1. The highest BCUT2D eigenvalue weighted by molar-refractivity contribution is 6.42. The first-order valence-electron chi connectivity index (χ1n) is 24.5.